The van der Waals surface area contributed by atoms with E-state index in [9.17, 15) is 4.79 Å². The Morgan fingerprint density at radius 1 is 1.41 bits per heavy atom. The van der Waals surface area contributed by atoms with Gasteiger partial charge in [-0.05, 0) is 39.3 Å². The van der Waals surface area contributed by atoms with Crippen LogP contribution in [0.2, 0.25) is 19.6 Å². The second kappa shape index (κ2) is 6.59. The van der Waals surface area contributed by atoms with Gasteiger partial charge in [0.1, 0.15) is 19.7 Å². The van der Waals surface area contributed by atoms with Crippen LogP contribution in [0.4, 0.5) is 4.79 Å². The number of carbonyl (C=O) groups excluding carboxylic acids is 1. The second-order valence-corrected chi connectivity index (χ2v) is 12.2. The molecular formula is C16H27N3O2Si. The normalized spacial score (nSPS) is 18.7. The number of amides is 1. The van der Waals surface area contributed by atoms with Gasteiger partial charge in [0.2, 0.25) is 0 Å². The number of nitrogens with two attached hydrogens (primary N) is 1. The van der Waals surface area contributed by atoms with Crippen molar-refractivity contribution in [2.75, 3.05) is 0 Å². The fourth-order valence-electron chi connectivity index (χ4n) is 1.71. The van der Waals surface area contributed by atoms with E-state index < -0.39 is 19.8 Å². The smallest absolute Gasteiger partial charge is 0.412 e. The molecule has 122 valence electrons. The summed E-state index contributed by atoms with van der Waals surface area (Å²) >= 11 is 0. The molecule has 6 heteroatoms. The number of nitrogens with zero attached hydrogens (tertiary/aromatic N) is 1. The maximum Gasteiger partial charge on any atom is 0.412 e. The van der Waals surface area contributed by atoms with E-state index in [1.807, 2.05) is 33.8 Å². The lowest BCUT2D eigenvalue weighted by Gasteiger charge is -2.27. The topological polar surface area (TPSA) is 67.6 Å². The van der Waals surface area contributed by atoms with E-state index in [1.165, 1.54) is 0 Å². The van der Waals surface area contributed by atoms with Gasteiger partial charge < -0.3 is 4.74 Å². The highest BCUT2D eigenvalue weighted by molar-refractivity contribution is 6.83. The van der Waals surface area contributed by atoms with Crippen LogP contribution in [-0.2, 0) is 4.74 Å². The Morgan fingerprint density at radius 3 is 2.50 bits per heavy atom. The van der Waals surface area contributed by atoms with Crippen molar-refractivity contribution >= 4 is 14.2 Å². The summed E-state index contributed by atoms with van der Waals surface area (Å²) in [5.74, 6) is 9.16. The van der Waals surface area contributed by atoms with Crippen molar-refractivity contribution in [1.82, 2.24) is 10.3 Å². The molecule has 3 N–H and O–H groups in total. The molecule has 0 fully saturated rings. The molecule has 1 rings (SSSR count). The molecule has 0 saturated carbocycles. The zero-order valence-corrected chi connectivity index (χ0v) is 15.6. The van der Waals surface area contributed by atoms with Crippen LogP contribution in [-0.4, -0.2) is 30.8 Å². The van der Waals surface area contributed by atoms with Crippen LogP contribution in [0, 0.1) is 11.5 Å². The summed E-state index contributed by atoms with van der Waals surface area (Å²) in [5, 5.41) is 4.32. The van der Waals surface area contributed by atoms with Gasteiger partial charge in [0.05, 0.1) is 0 Å². The number of rotatable bonds is 1. The molecular weight excluding hydrogens is 294 g/mol. The molecule has 1 amide bonds. The SMILES string of the molecule is CC1=CN(N)C(C#C[Si](C)(C)C)C=C1NC(=O)OC(C)(C)C. The Bertz CT molecular complexity index is 557. The molecule has 0 saturated heterocycles. The molecule has 0 aromatic rings. The fourth-order valence-corrected chi connectivity index (χ4v) is 2.29. The van der Waals surface area contributed by atoms with Crippen molar-refractivity contribution in [2.24, 2.45) is 5.84 Å². The molecule has 0 spiro atoms. The second-order valence-electron chi connectivity index (χ2n) is 7.43. The van der Waals surface area contributed by atoms with Gasteiger partial charge in [-0.2, -0.15) is 0 Å². The van der Waals surface area contributed by atoms with Gasteiger partial charge in [0.25, 0.3) is 0 Å². The Balaban J connectivity index is 2.90. The van der Waals surface area contributed by atoms with Crippen molar-refractivity contribution in [3.63, 3.8) is 0 Å². The van der Waals surface area contributed by atoms with E-state index in [-0.39, 0.29) is 6.04 Å². The number of hydrazine groups is 1. The minimum absolute atomic E-state index is 0.250. The van der Waals surface area contributed by atoms with E-state index in [4.69, 9.17) is 10.6 Å². The third-order valence-corrected chi connectivity index (χ3v) is 3.54. The average molecular weight is 321 g/mol. The Kier molecular flexibility index (Phi) is 5.49. The highest BCUT2D eigenvalue weighted by atomic mass is 28.3. The summed E-state index contributed by atoms with van der Waals surface area (Å²) in [6, 6.07) is -0.250. The Labute approximate surface area is 134 Å². The fraction of sp³-hybridized carbons (Fsp3) is 0.562. The summed E-state index contributed by atoms with van der Waals surface area (Å²) in [5.41, 5.74) is 4.31. The number of ether oxygens (including phenoxy) is 1. The molecule has 5 nitrogen and oxygen atoms in total. The van der Waals surface area contributed by atoms with Gasteiger partial charge >= 0.3 is 6.09 Å². The predicted octanol–water partition coefficient (Wildman–Crippen LogP) is 2.74. The number of allylic oxidation sites excluding steroid dienone is 1. The van der Waals surface area contributed by atoms with Crippen molar-refractivity contribution in [3.05, 3.63) is 23.5 Å². The molecule has 22 heavy (non-hydrogen) atoms. The molecule has 0 bridgehead atoms. The monoisotopic (exact) mass is 321 g/mol. The zero-order valence-electron chi connectivity index (χ0n) is 14.6. The van der Waals surface area contributed by atoms with Gasteiger partial charge in [-0.25, -0.2) is 10.6 Å². The molecule has 0 aromatic carbocycles. The lowest BCUT2D eigenvalue weighted by molar-refractivity contribution is 0.0546. The first-order valence-corrected chi connectivity index (χ1v) is 10.8. The maximum atomic E-state index is 11.9. The van der Waals surface area contributed by atoms with Gasteiger partial charge in [-0.15, -0.1) is 5.54 Å². The third kappa shape index (κ3) is 6.37. The summed E-state index contributed by atoms with van der Waals surface area (Å²) < 4.78 is 5.27. The van der Waals surface area contributed by atoms with Gasteiger partial charge in [0, 0.05) is 11.9 Å². The standard InChI is InChI=1S/C16H27N3O2Si/c1-12-11-19(17)13(8-9-22(5,6)7)10-14(12)18-15(20)21-16(2,3)4/h10-11,13H,17H2,1-7H3,(H,18,20). The van der Waals surface area contributed by atoms with Gasteiger partial charge in [-0.3, -0.25) is 10.3 Å². The van der Waals surface area contributed by atoms with Crippen molar-refractivity contribution < 1.29 is 9.53 Å². The van der Waals surface area contributed by atoms with E-state index in [1.54, 1.807) is 11.2 Å². The molecule has 1 heterocycles. The molecule has 1 aliphatic heterocycles. The molecule has 1 unspecified atom stereocenters. The van der Waals surface area contributed by atoms with Crippen LogP contribution in [0.5, 0.6) is 0 Å². The number of hydrogen-bond acceptors (Lipinski definition) is 4. The first-order valence-electron chi connectivity index (χ1n) is 7.34. The van der Waals surface area contributed by atoms with Crippen molar-refractivity contribution in [1.29, 1.82) is 0 Å². The summed E-state index contributed by atoms with van der Waals surface area (Å²) in [6.45, 7) is 13.9. The lowest BCUT2D eigenvalue weighted by atomic mass is 10.1. The summed E-state index contributed by atoms with van der Waals surface area (Å²) in [7, 11) is -1.48. The molecule has 0 aromatic heterocycles. The lowest BCUT2D eigenvalue weighted by Crippen LogP contribution is -2.40. The van der Waals surface area contributed by atoms with Crippen LogP contribution in [0.25, 0.3) is 0 Å². The first kappa shape index (κ1) is 18.3. The highest BCUT2D eigenvalue weighted by Crippen LogP contribution is 2.17. The first-order chi connectivity index (χ1) is 9.87. The minimum Gasteiger partial charge on any atom is -0.444 e. The number of alkyl carbamates (subject to hydrolysis) is 1. The highest BCUT2D eigenvalue weighted by Gasteiger charge is 2.21. The van der Waals surface area contributed by atoms with Gasteiger partial charge in [0.15, 0.2) is 0 Å². The molecule has 0 radical (unpaired) electrons. The van der Waals surface area contributed by atoms with E-state index in [2.05, 4.69) is 36.4 Å². The average Bonchev–Trinajstić information content (AvgIpc) is 2.27. The number of carbonyl (C=O) groups is 1. The minimum atomic E-state index is -1.48. The van der Waals surface area contributed by atoms with E-state index in [0.29, 0.717) is 5.70 Å². The van der Waals surface area contributed by atoms with Crippen molar-refractivity contribution in [2.45, 2.75) is 59.0 Å². The van der Waals surface area contributed by atoms with Crippen LogP contribution < -0.4 is 11.2 Å². The predicted molar refractivity (Wildman–Crippen MR) is 92.1 cm³/mol. The van der Waals surface area contributed by atoms with E-state index in [0.717, 1.165) is 5.57 Å². The largest absolute Gasteiger partial charge is 0.444 e. The van der Waals surface area contributed by atoms with Crippen LogP contribution in [0.15, 0.2) is 23.5 Å². The zero-order chi connectivity index (χ0) is 17.1. The summed E-state index contributed by atoms with van der Waals surface area (Å²) in [6.07, 6.45) is 3.15. The Hall–Kier alpha value is -1.71. The third-order valence-electron chi connectivity index (χ3n) is 2.64. The molecule has 0 aliphatic carbocycles. The number of hydrogen-bond donors (Lipinski definition) is 2. The van der Waals surface area contributed by atoms with Crippen LogP contribution in [0.1, 0.15) is 27.7 Å². The summed E-state index contributed by atoms with van der Waals surface area (Å²) in [4.78, 5) is 11.9. The molecule has 1 atom stereocenters. The Morgan fingerprint density at radius 2 is 2.00 bits per heavy atom. The van der Waals surface area contributed by atoms with Crippen molar-refractivity contribution in [3.8, 4) is 11.5 Å². The molecule has 1 aliphatic rings. The van der Waals surface area contributed by atoms with Crippen LogP contribution in [0.3, 0.4) is 0 Å². The number of nitrogens with one attached hydrogen (secondary N) is 1. The van der Waals surface area contributed by atoms with Gasteiger partial charge in [-0.1, -0.05) is 25.6 Å². The quantitative estimate of drug-likeness (QED) is 0.443. The maximum absolute atomic E-state index is 11.9. The van der Waals surface area contributed by atoms with E-state index >= 15 is 0 Å². The van der Waals surface area contributed by atoms with Crippen LogP contribution >= 0.6 is 0 Å².